The first-order valence-electron chi connectivity index (χ1n) is 12.2. The molecule has 32 heavy (non-hydrogen) atoms. The maximum Gasteiger partial charge on any atom is 0.258 e. The Kier molecular flexibility index (Phi) is 4.70. The summed E-state index contributed by atoms with van der Waals surface area (Å²) in [5, 5.41) is 6.45. The van der Waals surface area contributed by atoms with E-state index < -0.39 is 5.72 Å². The maximum atomic E-state index is 13.2. The third kappa shape index (κ3) is 3.37. The van der Waals surface area contributed by atoms with Gasteiger partial charge in [0.2, 0.25) is 11.8 Å². The first kappa shape index (κ1) is 20.1. The Morgan fingerprint density at radius 1 is 1.06 bits per heavy atom. The number of carbonyl (C=O) groups is 3. The van der Waals surface area contributed by atoms with Crippen molar-refractivity contribution < 1.29 is 19.1 Å². The van der Waals surface area contributed by atoms with Gasteiger partial charge in [-0.25, -0.2) is 0 Å². The van der Waals surface area contributed by atoms with Crippen LogP contribution < -0.4 is 15.4 Å². The number of carbonyl (C=O) groups excluding carboxylic acids is 3. The van der Waals surface area contributed by atoms with Gasteiger partial charge in [0, 0.05) is 43.3 Å². The highest BCUT2D eigenvalue weighted by atomic mass is 16.5. The molecule has 3 amide bonds. The number of fused-ring (bicyclic) bond motifs is 3. The molecule has 170 valence electrons. The highest BCUT2D eigenvalue weighted by molar-refractivity contribution is 5.98. The molecule has 1 spiro atoms. The number of para-hydroxylation sites is 1. The van der Waals surface area contributed by atoms with Crippen molar-refractivity contribution in [1.82, 2.24) is 15.5 Å². The number of hydrogen-bond donors (Lipinski definition) is 2. The molecule has 1 aromatic carbocycles. The Labute approximate surface area is 188 Å². The number of amides is 3. The number of ether oxygens (including phenoxy) is 1. The van der Waals surface area contributed by atoms with E-state index in [1.165, 1.54) is 0 Å². The average molecular weight is 438 g/mol. The molecule has 2 heterocycles. The van der Waals surface area contributed by atoms with Gasteiger partial charge >= 0.3 is 0 Å². The number of piperidine rings is 1. The summed E-state index contributed by atoms with van der Waals surface area (Å²) in [7, 11) is 0. The fourth-order valence-electron chi connectivity index (χ4n) is 6.42. The summed E-state index contributed by atoms with van der Waals surface area (Å²) in [5.41, 5.74) is -0.0972. The van der Waals surface area contributed by atoms with Crippen LogP contribution in [0.5, 0.6) is 5.75 Å². The zero-order valence-electron chi connectivity index (χ0n) is 18.3. The van der Waals surface area contributed by atoms with Gasteiger partial charge in [-0.1, -0.05) is 12.1 Å². The molecule has 4 atom stereocenters. The molecule has 2 bridgehead atoms. The third-order valence-corrected chi connectivity index (χ3v) is 8.38. The largest absolute Gasteiger partial charge is 0.467 e. The molecular formula is C25H31N3O4. The van der Waals surface area contributed by atoms with Crippen LogP contribution >= 0.6 is 0 Å². The highest BCUT2D eigenvalue weighted by Gasteiger charge is 2.57. The molecule has 1 saturated heterocycles. The van der Waals surface area contributed by atoms with Crippen LogP contribution in [-0.4, -0.2) is 47.5 Å². The van der Waals surface area contributed by atoms with Gasteiger partial charge in [0.1, 0.15) is 5.75 Å². The maximum absolute atomic E-state index is 13.2. The molecule has 2 aliphatic heterocycles. The van der Waals surface area contributed by atoms with Crippen molar-refractivity contribution in [3.05, 3.63) is 29.8 Å². The van der Waals surface area contributed by atoms with E-state index in [1.54, 1.807) is 6.07 Å². The molecule has 7 nitrogen and oxygen atoms in total. The Bertz CT molecular complexity index is 952. The second-order valence-electron chi connectivity index (χ2n) is 10.4. The summed E-state index contributed by atoms with van der Waals surface area (Å²) in [4.78, 5) is 40.2. The van der Waals surface area contributed by atoms with Crippen LogP contribution in [0, 0.1) is 23.7 Å². The van der Waals surface area contributed by atoms with Crippen LogP contribution in [0.25, 0.3) is 0 Å². The van der Waals surface area contributed by atoms with Crippen molar-refractivity contribution in [3.8, 4) is 5.75 Å². The highest BCUT2D eigenvalue weighted by Crippen LogP contribution is 2.52. The van der Waals surface area contributed by atoms with Crippen LogP contribution in [0.4, 0.5) is 0 Å². The van der Waals surface area contributed by atoms with Crippen LogP contribution in [0.1, 0.15) is 61.7 Å². The zero-order chi connectivity index (χ0) is 21.9. The molecular weight excluding hydrogens is 406 g/mol. The van der Waals surface area contributed by atoms with Crippen LogP contribution in [0.3, 0.4) is 0 Å². The van der Waals surface area contributed by atoms with Gasteiger partial charge in [-0.2, -0.15) is 0 Å². The lowest BCUT2D eigenvalue weighted by Gasteiger charge is -2.55. The Morgan fingerprint density at radius 2 is 1.84 bits per heavy atom. The second kappa shape index (κ2) is 7.49. The van der Waals surface area contributed by atoms with Gasteiger partial charge in [-0.3, -0.25) is 14.4 Å². The zero-order valence-corrected chi connectivity index (χ0v) is 18.3. The van der Waals surface area contributed by atoms with Crippen molar-refractivity contribution in [1.29, 1.82) is 0 Å². The Morgan fingerprint density at radius 3 is 2.56 bits per heavy atom. The van der Waals surface area contributed by atoms with Gasteiger partial charge in [0.25, 0.3) is 5.91 Å². The van der Waals surface area contributed by atoms with Gasteiger partial charge < -0.3 is 20.3 Å². The number of likely N-dealkylation sites (tertiary alicyclic amines) is 1. The molecule has 4 saturated carbocycles. The Balaban J connectivity index is 1.08. The molecule has 1 aromatic rings. The number of hydrogen-bond acceptors (Lipinski definition) is 4. The molecule has 4 aliphatic carbocycles. The van der Waals surface area contributed by atoms with Crippen molar-refractivity contribution >= 4 is 17.7 Å². The standard InChI is InChI=1S/C25H31N3O4/c29-22(26-18-9-11-28(12-10-18)24(31)15-5-6-15)20-13-17-8-7-16(20)14-25(17)27-23(30)19-3-1-2-4-21(19)32-25/h1-4,15-18,20H,5-14H2,(H,26,29)(H,27,30)/t16-,17-,20+,25+/m1/s1. The summed E-state index contributed by atoms with van der Waals surface area (Å²) in [6.45, 7) is 1.50. The number of nitrogens with zero attached hydrogens (tertiary/aromatic N) is 1. The van der Waals surface area contributed by atoms with E-state index in [0.717, 1.165) is 58.0 Å². The quantitative estimate of drug-likeness (QED) is 0.761. The van der Waals surface area contributed by atoms with Crippen molar-refractivity contribution in [2.75, 3.05) is 13.1 Å². The van der Waals surface area contributed by atoms with E-state index >= 15 is 0 Å². The number of rotatable bonds is 3. The SMILES string of the molecule is O=C1N[C@@]2(C[C@H]3CC[C@@H]2C[C@@H]3C(=O)NC2CCN(C(=O)C3CC3)CC2)Oc2ccccc21. The lowest BCUT2D eigenvalue weighted by Crippen LogP contribution is -2.67. The van der Waals surface area contributed by atoms with Crippen LogP contribution in [0.2, 0.25) is 0 Å². The summed E-state index contributed by atoms with van der Waals surface area (Å²) >= 11 is 0. The summed E-state index contributed by atoms with van der Waals surface area (Å²) in [5.74, 6) is 1.61. The van der Waals surface area contributed by atoms with E-state index in [0.29, 0.717) is 23.6 Å². The van der Waals surface area contributed by atoms with Crippen LogP contribution in [0.15, 0.2) is 24.3 Å². The van der Waals surface area contributed by atoms with E-state index in [2.05, 4.69) is 10.6 Å². The monoisotopic (exact) mass is 437 g/mol. The molecule has 7 heteroatoms. The van der Waals surface area contributed by atoms with Crippen LogP contribution in [-0.2, 0) is 9.59 Å². The molecule has 5 fully saturated rings. The Hall–Kier alpha value is -2.57. The normalized spacial score (nSPS) is 33.9. The second-order valence-corrected chi connectivity index (χ2v) is 10.4. The van der Waals surface area contributed by atoms with E-state index in [4.69, 9.17) is 4.74 Å². The smallest absolute Gasteiger partial charge is 0.258 e. The minimum Gasteiger partial charge on any atom is -0.467 e. The molecule has 6 aliphatic rings. The summed E-state index contributed by atoms with van der Waals surface area (Å²) in [6, 6.07) is 7.55. The van der Waals surface area contributed by atoms with Gasteiger partial charge in [0.05, 0.1) is 5.56 Å². The lowest BCUT2D eigenvalue weighted by atomic mass is 9.60. The van der Waals surface area contributed by atoms with E-state index in [9.17, 15) is 14.4 Å². The van der Waals surface area contributed by atoms with Crippen molar-refractivity contribution in [2.45, 2.75) is 63.1 Å². The predicted molar refractivity (Wildman–Crippen MR) is 117 cm³/mol. The first-order valence-corrected chi connectivity index (χ1v) is 12.2. The van der Waals surface area contributed by atoms with Gasteiger partial charge in [0.15, 0.2) is 5.72 Å². The lowest BCUT2D eigenvalue weighted by molar-refractivity contribution is -0.147. The molecule has 0 radical (unpaired) electrons. The molecule has 0 aromatic heterocycles. The third-order valence-electron chi connectivity index (χ3n) is 8.38. The summed E-state index contributed by atoms with van der Waals surface area (Å²) in [6.07, 6.45) is 7.16. The van der Waals surface area contributed by atoms with E-state index in [1.807, 2.05) is 23.1 Å². The fourth-order valence-corrected chi connectivity index (χ4v) is 6.42. The molecule has 0 unspecified atom stereocenters. The number of nitrogens with one attached hydrogen (secondary N) is 2. The predicted octanol–water partition coefficient (Wildman–Crippen LogP) is 2.46. The fraction of sp³-hybridized carbons (Fsp3) is 0.640. The summed E-state index contributed by atoms with van der Waals surface area (Å²) < 4.78 is 6.40. The van der Waals surface area contributed by atoms with Crippen molar-refractivity contribution in [2.24, 2.45) is 23.7 Å². The van der Waals surface area contributed by atoms with Gasteiger partial charge in [-0.05, 0) is 63.0 Å². The minimum atomic E-state index is -0.681. The minimum absolute atomic E-state index is 0.0248. The first-order chi connectivity index (χ1) is 15.5. The topological polar surface area (TPSA) is 87.7 Å². The van der Waals surface area contributed by atoms with Gasteiger partial charge in [-0.15, -0.1) is 0 Å². The molecule has 2 N–H and O–H groups in total. The van der Waals surface area contributed by atoms with E-state index in [-0.39, 0.29) is 41.5 Å². The molecule has 7 rings (SSSR count). The number of benzene rings is 1. The van der Waals surface area contributed by atoms with Crippen molar-refractivity contribution in [3.63, 3.8) is 0 Å². The average Bonchev–Trinajstić information content (AvgIpc) is 3.65.